The minimum absolute atomic E-state index is 0.0408. The third kappa shape index (κ3) is 4.11. The molecule has 1 saturated heterocycles. The summed E-state index contributed by atoms with van der Waals surface area (Å²) in [5, 5.41) is 2.86. The number of anilines is 1. The summed E-state index contributed by atoms with van der Waals surface area (Å²) in [6, 6.07) is 11.8. The molecule has 0 atom stereocenters. The van der Waals surface area contributed by atoms with Crippen LogP contribution in [0.25, 0.3) is 0 Å². The van der Waals surface area contributed by atoms with Gasteiger partial charge >= 0.3 is 0 Å². The van der Waals surface area contributed by atoms with Crippen molar-refractivity contribution in [2.24, 2.45) is 0 Å². The first-order chi connectivity index (χ1) is 14.3. The van der Waals surface area contributed by atoms with Crippen molar-refractivity contribution < 1.29 is 18.0 Å². The van der Waals surface area contributed by atoms with Crippen LogP contribution in [0, 0.1) is 0 Å². The molecule has 30 heavy (non-hydrogen) atoms. The lowest BCUT2D eigenvalue weighted by atomic mass is 9.99. The highest BCUT2D eigenvalue weighted by molar-refractivity contribution is 7.89. The van der Waals surface area contributed by atoms with Gasteiger partial charge in [0.05, 0.1) is 4.90 Å². The molecular formula is C22H25N3O4S. The molecule has 1 N–H and O–H groups in total. The Hall–Kier alpha value is -2.71. The van der Waals surface area contributed by atoms with Crippen molar-refractivity contribution in [1.82, 2.24) is 9.21 Å². The number of nitrogens with one attached hydrogen (secondary N) is 1. The largest absolute Gasteiger partial charge is 0.338 e. The van der Waals surface area contributed by atoms with Gasteiger partial charge in [-0.05, 0) is 66.8 Å². The van der Waals surface area contributed by atoms with E-state index in [1.165, 1.54) is 34.1 Å². The molecule has 2 heterocycles. The summed E-state index contributed by atoms with van der Waals surface area (Å²) in [4.78, 5) is 26.3. The first-order valence-electron chi connectivity index (χ1n) is 10.1. The zero-order valence-electron chi connectivity index (χ0n) is 16.9. The average molecular weight is 428 g/mol. The summed E-state index contributed by atoms with van der Waals surface area (Å²) in [5.41, 5.74) is 3.25. The van der Waals surface area contributed by atoms with Crippen LogP contribution in [0.4, 0.5) is 5.69 Å². The molecular weight excluding hydrogens is 402 g/mol. The van der Waals surface area contributed by atoms with E-state index in [9.17, 15) is 18.0 Å². The maximum Gasteiger partial charge on any atom is 0.255 e. The number of carbonyl (C=O) groups is 2. The first kappa shape index (κ1) is 20.6. The third-order valence-electron chi connectivity index (χ3n) is 5.74. The quantitative estimate of drug-likeness (QED) is 0.813. The Morgan fingerprint density at radius 1 is 0.933 bits per heavy atom. The van der Waals surface area contributed by atoms with Crippen LogP contribution in [0.15, 0.2) is 47.4 Å². The summed E-state index contributed by atoms with van der Waals surface area (Å²) in [7, 11) is -3.49. The molecule has 1 fully saturated rings. The molecule has 4 rings (SSSR count). The van der Waals surface area contributed by atoms with Crippen molar-refractivity contribution in [2.45, 2.75) is 37.6 Å². The molecule has 158 valence electrons. The molecule has 2 aromatic carbocycles. The lowest BCUT2D eigenvalue weighted by Crippen LogP contribution is -2.34. The van der Waals surface area contributed by atoms with Crippen LogP contribution in [-0.4, -0.2) is 49.1 Å². The van der Waals surface area contributed by atoms with Crippen molar-refractivity contribution in [3.63, 3.8) is 0 Å². The maximum atomic E-state index is 12.6. The van der Waals surface area contributed by atoms with E-state index in [2.05, 4.69) is 5.32 Å². The van der Waals surface area contributed by atoms with E-state index in [4.69, 9.17) is 0 Å². The van der Waals surface area contributed by atoms with E-state index >= 15 is 0 Å². The second-order valence-corrected chi connectivity index (χ2v) is 9.70. The highest BCUT2D eigenvalue weighted by Gasteiger charge is 2.27. The van der Waals surface area contributed by atoms with Crippen molar-refractivity contribution in [2.75, 3.05) is 25.0 Å². The number of fused-ring (bicyclic) bond motifs is 1. The number of amides is 2. The van der Waals surface area contributed by atoms with E-state index in [1.54, 1.807) is 11.8 Å². The molecule has 2 aromatic rings. The predicted octanol–water partition coefficient (Wildman–Crippen LogP) is 2.63. The van der Waals surface area contributed by atoms with Gasteiger partial charge in [0.2, 0.25) is 15.9 Å². The van der Waals surface area contributed by atoms with Gasteiger partial charge in [0, 0.05) is 44.4 Å². The van der Waals surface area contributed by atoms with Gasteiger partial charge in [-0.15, -0.1) is 0 Å². The van der Waals surface area contributed by atoms with Gasteiger partial charge in [-0.1, -0.05) is 6.07 Å². The fourth-order valence-corrected chi connectivity index (χ4v) is 5.48. The Morgan fingerprint density at radius 3 is 2.30 bits per heavy atom. The molecule has 2 aliphatic heterocycles. The lowest BCUT2D eigenvalue weighted by molar-refractivity contribution is -0.129. The van der Waals surface area contributed by atoms with Crippen molar-refractivity contribution in [3.05, 3.63) is 59.2 Å². The van der Waals surface area contributed by atoms with Crippen LogP contribution >= 0.6 is 0 Å². The molecule has 0 bridgehead atoms. The zero-order chi connectivity index (χ0) is 21.3. The molecule has 0 saturated carbocycles. The van der Waals surface area contributed by atoms with Crippen LogP contribution in [0.2, 0.25) is 0 Å². The van der Waals surface area contributed by atoms with Gasteiger partial charge in [-0.3, -0.25) is 9.59 Å². The van der Waals surface area contributed by atoms with Gasteiger partial charge in [-0.25, -0.2) is 8.42 Å². The van der Waals surface area contributed by atoms with Crippen LogP contribution in [-0.2, 0) is 27.8 Å². The van der Waals surface area contributed by atoms with Crippen LogP contribution in [0.5, 0.6) is 0 Å². The van der Waals surface area contributed by atoms with Crippen LogP contribution in [0.1, 0.15) is 41.3 Å². The monoisotopic (exact) mass is 427 g/mol. The Morgan fingerprint density at radius 2 is 1.63 bits per heavy atom. The van der Waals surface area contributed by atoms with Crippen LogP contribution in [0.3, 0.4) is 0 Å². The summed E-state index contributed by atoms with van der Waals surface area (Å²) >= 11 is 0. The smallest absolute Gasteiger partial charge is 0.255 e. The topological polar surface area (TPSA) is 86.8 Å². The Labute approximate surface area is 176 Å². The second kappa shape index (κ2) is 8.20. The third-order valence-corrected chi connectivity index (χ3v) is 7.65. The minimum atomic E-state index is -3.49. The number of sulfonamides is 1. The molecule has 7 nitrogen and oxygen atoms in total. The molecule has 0 aromatic heterocycles. The number of benzene rings is 2. The molecule has 8 heteroatoms. The average Bonchev–Trinajstić information content (AvgIpc) is 3.29. The van der Waals surface area contributed by atoms with Crippen LogP contribution < -0.4 is 5.32 Å². The fraction of sp³-hybridized carbons (Fsp3) is 0.364. The standard InChI is InChI=1S/C22H25N3O4S/c1-16(26)24-13-10-17-4-7-20(14-19(17)15-24)23-22(27)18-5-8-21(9-6-18)30(28,29)25-11-2-3-12-25/h4-9,14H,2-3,10-13,15H2,1H3,(H,23,27). The SMILES string of the molecule is CC(=O)N1CCc2ccc(NC(=O)c3ccc(S(=O)(=O)N4CCCC4)cc3)cc2C1. The molecule has 0 unspecified atom stereocenters. The van der Waals surface area contributed by atoms with Gasteiger partial charge in [0.15, 0.2) is 0 Å². The predicted molar refractivity (Wildman–Crippen MR) is 114 cm³/mol. The van der Waals surface area contributed by atoms with E-state index in [0.29, 0.717) is 37.4 Å². The Bertz CT molecular complexity index is 1070. The summed E-state index contributed by atoms with van der Waals surface area (Å²) < 4.78 is 26.7. The molecule has 2 amide bonds. The molecule has 0 radical (unpaired) electrons. The maximum absolute atomic E-state index is 12.6. The summed E-state index contributed by atoms with van der Waals surface area (Å²) in [5.74, 6) is -0.265. The number of nitrogens with zero attached hydrogens (tertiary/aromatic N) is 2. The molecule has 0 aliphatic carbocycles. The van der Waals surface area contributed by atoms with Crippen molar-refractivity contribution >= 4 is 27.5 Å². The Kier molecular flexibility index (Phi) is 5.62. The van der Waals surface area contributed by atoms with Crippen molar-refractivity contribution in [1.29, 1.82) is 0 Å². The van der Waals surface area contributed by atoms with Gasteiger partial charge in [0.1, 0.15) is 0 Å². The number of carbonyl (C=O) groups excluding carboxylic acids is 2. The van der Waals surface area contributed by atoms with E-state index in [-0.39, 0.29) is 16.7 Å². The number of hydrogen-bond acceptors (Lipinski definition) is 4. The van der Waals surface area contributed by atoms with E-state index in [1.807, 2.05) is 18.2 Å². The first-order valence-corrected chi connectivity index (χ1v) is 11.6. The minimum Gasteiger partial charge on any atom is -0.338 e. The number of rotatable bonds is 4. The van der Waals surface area contributed by atoms with Crippen molar-refractivity contribution in [3.8, 4) is 0 Å². The summed E-state index contributed by atoms with van der Waals surface area (Å²) in [6.45, 7) is 3.90. The molecule has 0 spiro atoms. The van der Waals surface area contributed by atoms with Gasteiger partial charge in [0.25, 0.3) is 5.91 Å². The normalized spacial score (nSPS) is 16.9. The lowest BCUT2D eigenvalue weighted by Gasteiger charge is -2.28. The molecule has 2 aliphatic rings. The fourth-order valence-electron chi connectivity index (χ4n) is 3.96. The van der Waals surface area contributed by atoms with Gasteiger partial charge < -0.3 is 10.2 Å². The second-order valence-electron chi connectivity index (χ2n) is 7.76. The number of hydrogen-bond donors (Lipinski definition) is 1. The summed E-state index contributed by atoms with van der Waals surface area (Å²) in [6.07, 6.45) is 2.56. The zero-order valence-corrected chi connectivity index (χ0v) is 17.7. The van der Waals surface area contributed by atoms with Gasteiger partial charge in [-0.2, -0.15) is 4.31 Å². The highest BCUT2D eigenvalue weighted by atomic mass is 32.2. The highest BCUT2D eigenvalue weighted by Crippen LogP contribution is 2.24. The van der Waals surface area contributed by atoms with E-state index < -0.39 is 10.0 Å². The Balaban J connectivity index is 1.47. The van der Waals surface area contributed by atoms with E-state index in [0.717, 1.165) is 24.8 Å².